The lowest BCUT2D eigenvalue weighted by Crippen LogP contribution is -2.41. The number of nitrogens with zero attached hydrogens (tertiary/aromatic N) is 3. The molecule has 0 aliphatic carbocycles. The summed E-state index contributed by atoms with van der Waals surface area (Å²) >= 11 is 8.83. The Morgan fingerprint density at radius 2 is 1.96 bits per heavy atom. The number of aromatic nitrogens is 2. The van der Waals surface area contributed by atoms with Gasteiger partial charge >= 0.3 is 0 Å². The van der Waals surface area contributed by atoms with Gasteiger partial charge in [0.25, 0.3) is 5.91 Å². The van der Waals surface area contributed by atoms with Crippen molar-refractivity contribution >= 4 is 51.9 Å². The van der Waals surface area contributed by atoms with Crippen molar-refractivity contribution in [1.82, 2.24) is 14.9 Å². The second kappa shape index (κ2) is 8.38. The number of thiazole rings is 1. The van der Waals surface area contributed by atoms with Crippen molar-refractivity contribution in [1.29, 1.82) is 0 Å². The van der Waals surface area contributed by atoms with Gasteiger partial charge in [-0.3, -0.25) is 9.59 Å². The number of anilines is 1. The number of carbonyl (C=O) groups is 2. The molecule has 1 N–H and O–H groups in total. The van der Waals surface area contributed by atoms with Crippen LogP contribution in [0.4, 0.5) is 5.82 Å². The zero-order valence-corrected chi connectivity index (χ0v) is 17.2. The second-order valence-electron chi connectivity index (χ2n) is 6.42. The molecule has 6 nitrogen and oxygen atoms in total. The molecule has 144 valence electrons. The molecule has 3 aromatic rings. The average molecular weight is 433 g/mol. The van der Waals surface area contributed by atoms with E-state index in [0.29, 0.717) is 41.6 Å². The van der Waals surface area contributed by atoms with E-state index in [2.05, 4.69) is 15.3 Å². The van der Waals surface area contributed by atoms with E-state index in [1.807, 2.05) is 17.5 Å². The number of likely N-dealkylation sites (tertiary alicyclic amines) is 1. The number of pyridine rings is 1. The van der Waals surface area contributed by atoms with Gasteiger partial charge in [0.05, 0.1) is 16.1 Å². The van der Waals surface area contributed by atoms with Crippen LogP contribution in [0.3, 0.4) is 0 Å². The molecule has 0 aromatic carbocycles. The van der Waals surface area contributed by atoms with Gasteiger partial charge in [0.15, 0.2) is 0 Å². The van der Waals surface area contributed by atoms with Gasteiger partial charge in [-0.25, -0.2) is 9.97 Å². The molecule has 0 saturated carbocycles. The van der Waals surface area contributed by atoms with E-state index in [9.17, 15) is 9.59 Å². The van der Waals surface area contributed by atoms with E-state index in [1.54, 1.807) is 34.6 Å². The number of carbonyl (C=O) groups excluding carboxylic acids is 2. The third-order valence-corrected chi connectivity index (χ3v) is 6.83. The van der Waals surface area contributed by atoms with E-state index in [0.717, 1.165) is 9.88 Å². The van der Waals surface area contributed by atoms with Crippen LogP contribution >= 0.6 is 34.3 Å². The first-order chi connectivity index (χ1) is 13.6. The highest BCUT2D eigenvalue weighted by molar-refractivity contribution is 7.21. The van der Waals surface area contributed by atoms with Crippen molar-refractivity contribution in [2.45, 2.75) is 12.8 Å². The molecule has 0 atom stereocenters. The van der Waals surface area contributed by atoms with Gasteiger partial charge in [-0.1, -0.05) is 17.7 Å². The smallest absolute Gasteiger partial charge is 0.265 e. The summed E-state index contributed by atoms with van der Waals surface area (Å²) in [4.78, 5) is 37.2. The van der Waals surface area contributed by atoms with Crippen LogP contribution in [-0.4, -0.2) is 39.8 Å². The normalized spacial score (nSPS) is 14.8. The lowest BCUT2D eigenvalue weighted by Gasteiger charge is -2.30. The minimum absolute atomic E-state index is 0.0152. The number of amides is 2. The Hall–Kier alpha value is -2.29. The van der Waals surface area contributed by atoms with E-state index in [1.165, 1.54) is 17.5 Å². The van der Waals surface area contributed by atoms with Crippen molar-refractivity contribution in [2.75, 3.05) is 18.4 Å². The number of hydrogen-bond acceptors (Lipinski definition) is 6. The molecule has 9 heteroatoms. The minimum Gasteiger partial charge on any atom is -0.338 e. The summed E-state index contributed by atoms with van der Waals surface area (Å²) < 4.78 is 0. The minimum atomic E-state index is -0.135. The first kappa shape index (κ1) is 19.0. The number of piperidine rings is 1. The van der Waals surface area contributed by atoms with E-state index in [4.69, 9.17) is 11.6 Å². The van der Waals surface area contributed by atoms with Crippen molar-refractivity contribution in [3.05, 3.63) is 51.9 Å². The third-order valence-electron chi connectivity index (χ3n) is 4.58. The van der Waals surface area contributed by atoms with Gasteiger partial charge in [-0.05, 0) is 36.4 Å². The maximum atomic E-state index is 12.8. The van der Waals surface area contributed by atoms with E-state index in [-0.39, 0.29) is 17.7 Å². The number of hydrogen-bond donors (Lipinski definition) is 1. The van der Waals surface area contributed by atoms with Crippen LogP contribution in [0.5, 0.6) is 0 Å². The molecule has 4 rings (SSSR count). The van der Waals surface area contributed by atoms with Crippen molar-refractivity contribution in [3.63, 3.8) is 0 Å². The van der Waals surface area contributed by atoms with E-state index < -0.39 is 0 Å². The first-order valence-electron chi connectivity index (χ1n) is 8.81. The summed E-state index contributed by atoms with van der Waals surface area (Å²) in [6.07, 6.45) is 4.40. The highest BCUT2D eigenvalue weighted by atomic mass is 35.5. The zero-order valence-electron chi connectivity index (χ0n) is 14.8. The van der Waals surface area contributed by atoms with Gasteiger partial charge < -0.3 is 10.2 Å². The molecule has 0 unspecified atom stereocenters. The molecule has 0 bridgehead atoms. The molecule has 3 aromatic heterocycles. The van der Waals surface area contributed by atoms with Crippen molar-refractivity contribution in [3.8, 4) is 9.88 Å². The standard InChI is InChI=1S/C19H17ClN4O2S2/c20-13-3-4-16(21-10-13)23-17(25)12-5-7-24(8-6-12)19(26)15-11-22-18(28-15)14-2-1-9-27-14/h1-4,9-12H,5-8H2,(H,21,23,25). The van der Waals surface area contributed by atoms with Gasteiger partial charge in [-0.2, -0.15) is 0 Å². The fraction of sp³-hybridized carbons (Fsp3) is 0.263. The molecule has 2 amide bonds. The van der Waals surface area contributed by atoms with Gasteiger partial charge in [0.2, 0.25) is 5.91 Å². The first-order valence-corrected chi connectivity index (χ1v) is 10.9. The van der Waals surface area contributed by atoms with Crippen LogP contribution < -0.4 is 5.32 Å². The molecule has 28 heavy (non-hydrogen) atoms. The molecule has 1 aliphatic heterocycles. The summed E-state index contributed by atoms with van der Waals surface area (Å²) in [5, 5.41) is 6.20. The van der Waals surface area contributed by atoms with Crippen LogP contribution in [0.2, 0.25) is 5.02 Å². The zero-order chi connectivity index (χ0) is 19.5. The fourth-order valence-corrected chi connectivity index (χ4v) is 4.87. The Morgan fingerprint density at radius 3 is 2.64 bits per heavy atom. The molecule has 1 aliphatic rings. The van der Waals surface area contributed by atoms with Gasteiger partial charge in [0.1, 0.15) is 15.7 Å². The van der Waals surface area contributed by atoms with Gasteiger partial charge in [-0.15, -0.1) is 22.7 Å². The number of halogens is 1. The average Bonchev–Trinajstić information content (AvgIpc) is 3.41. The second-order valence-corrected chi connectivity index (χ2v) is 8.84. The summed E-state index contributed by atoms with van der Waals surface area (Å²) in [7, 11) is 0. The Bertz CT molecular complexity index is 964. The summed E-state index contributed by atoms with van der Waals surface area (Å²) in [6, 6.07) is 7.33. The predicted molar refractivity (Wildman–Crippen MR) is 112 cm³/mol. The summed E-state index contributed by atoms with van der Waals surface area (Å²) in [5.41, 5.74) is 0. The van der Waals surface area contributed by atoms with Crippen molar-refractivity contribution < 1.29 is 9.59 Å². The molecular formula is C19H17ClN4O2S2. The van der Waals surface area contributed by atoms with Crippen LogP contribution in [0.25, 0.3) is 9.88 Å². The fourth-order valence-electron chi connectivity index (χ4n) is 3.07. The molecular weight excluding hydrogens is 416 g/mol. The lowest BCUT2D eigenvalue weighted by atomic mass is 9.96. The van der Waals surface area contributed by atoms with Crippen molar-refractivity contribution in [2.24, 2.45) is 5.92 Å². The lowest BCUT2D eigenvalue weighted by molar-refractivity contribution is -0.121. The Balaban J connectivity index is 1.33. The Kier molecular flexibility index (Phi) is 5.70. The highest BCUT2D eigenvalue weighted by Gasteiger charge is 2.29. The van der Waals surface area contributed by atoms with Gasteiger partial charge in [0, 0.05) is 25.2 Å². The quantitative estimate of drug-likeness (QED) is 0.662. The monoisotopic (exact) mass is 432 g/mol. The molecule has 1 fully saturated rings. The molecule has 0 radical (unpaired) electrons. The maximum Gasteiger partial charge on any atom is 0.265 e. The highest BCUT2D eigenvalue weighted by Crippen LogP contribution is 2.30. The Labute approximate surface area is 175 Å². The maximum absolute atomic E-state index is 12.8. The van der Waals surface area contributed by atoms with E-state index >= 15 is 0 Å². The largest absolute Gasteiger partial charge is 0.338 e. The van der Waals surface area contributed by atoms with Crippen LogP contribution in [0.1, 0.15) is 22.5 Å². The summed E-state index contributed by atoms with van der Waals surface area (Å²) in [5.74, 6) is 0.265. The molecule has 1 saturated heterocycles. The third kappa shape index (κ3) is 4.24. The summed E-state index contributed by atoms with van der Waals surface area (Å²) in [6.45, 7) is 1.11. The van der Waals surface area contributed by atoms with Crippen LogP contribution in [0.15, 0.2) is 42.0 Å². The molecule has 4 heterocycles. The number of thiophene rings is 1. The number of rotatable bonds is 4. The molecule has 0 spiro atoms. The predicted octanol–water partition coefficient (Wildman–Crippen LogP) is 4.41. The SMILES string of the molecule is O=C(Nc1ccc(Cl)cn1)C1CCN(C(=O)c2cnc(-c3cccs3)s2)CC1. The Morgan fingerprint density at radius 1 is 1.14 bits per heavy atom. The number of nitrogens with one attached hydrogen (secondary N) is 1. The van der Waals surface area contributed by atoms with Crippen LogP contribution in [-0.2, 0) is 4.79 Å². The topological polar surface area (TPSA) is 75.2 Å². The van der Waals surface area contributed by atoms with Crippen LogP contribution in [0, 0.1) is 5.92 Å².